The minimum absolute atomic E-state index is 0.000310. The van der Waals surface area contributed by atoms with Gasteiger partial charge in [-0.1, -0.05) is 0 Å². The van der Waals surface area contributed by atoms with Gasteiger partial charge in [-0.15, -0.1) is 10.2 Å². The third-order valence-corrected chi connectivity index (χ3v) is 5.05. The van der Waals surface area contributed by atoms with E-state index >= 15 is 0 Å². The first-order chi connectivity index (χ1) is 15.1. The molecule has 0 aromatic carbocycles. The topological polar surface area (TPSA) is 157 Å². The number of halogens is 3. The molecule has 1 aliphatic heterocycles. The van der Waals surface area contributed by atoms with Gasteiger partial charge in [-0.25, -0.2) is 24.7 Å². The summed E-state index contributed by atoms with van der Waals surface area (Å²) >= 11 is 0. The van der Waals surface area contributed by atoms with Gasteiger partial charge in [-0.3, -0.25) is 0 Å². The number of hydrogen-bond acceptors (Lipinski definition) is 9. The van der Waals surface area contributed by atoms with E-state index in [1.807, 2.05) is 0 Å². The SMILES string of the molecule is Cc1nc(N)nc(C2CCN(C(=O)O)CC2)c1-c1nnc(-c2ccnc(C(F)(F)F)n2)o1. The van der Waals surface area contributed by atoms with Gasteiger partial charge in [0.2, 0.25) is 11.8 Å². The smallest absolute Gasteiger partial charge is 0.451 e. The number of aromatic nitrogens is 6. The maximum Gasteiger partial charge on any atom is 0.451 e. The summed E-state index contributed by atoms with van der Waals surface area (Å²) in [6.45, 7) is 2.30. The molecule has 3 aromatic rings. The van der Waals surface area contributed by atoms with Gasteiger partial charge >= 0.3 is 12.3 Å². The third kappa shape index (κ3) is 4.15. The molecule has 0 unspecified atom stereocenters. The molecule has 11 nitrogen and oxygen atoms in total. The van der Waals surface area contributed by atoms with Crippen molar-refractivity contribution in [2.75, 3.05) is 18.8 Å². The van der Waals surface area contributed by atoms with E-state index in [1.165, 1.54) is 11.0 Å². The Morgan fingerprint density at radius 1 is 1.19 bits per heavy atom. The number of nitrogens with zero attached hydrogens (tertiary/aromatic N) is 7. The second kappa shape index (κ2) is 8.01. The molecule has 0 aliphatic carbocycles. The van der Waals surface area contributed by atoms with E-state index in [-0.39, 0.29) is 29.3 Å². The summed E-state index contributed by atoms with van der Waals surface area (Å²) in [5.41, 5.74) is 7.02. The molecule has 4 rings (SSSR count). The molecule has 14 heteroatoms. The van der Waals surface area contributed by atoms with Gasteiger partial charge in [0.25, 0.3) is 11.8 Å². The molecule has 0 bridgehead atoms. The highest BCUT2D eigenvalue weighted by Gasteiger charge is 2.35. The maximum atomic E-state index is 12.9. The first-order valence-corrected chi connectivity index (χ1v) is 9.50. The number of rotatable bonds is 3. The predicted octanol–water partition coefficient (Wildman–Crippen LogP) is 2.75. The van der Waals surface area contributed by atoms with Crippen molar-refractivity contribution in [1.82, 2.24) is 35.0 Å². The molecule has 1 fully saturated rings. The molecule has 1 aliphatic rings. The number of amides is 1. The Morgan fingerprint density at radius 2 is 1.88 bits per heavy atom. The summed E-state index contributed by atoms with van der Waals surface area (Å²) in [4.78, 5) is 27.6. The van der Waals surface area contributed by atoms with Crippen LogP contribution < -0.4 is 5.73 Å². The minimum atomic E-state index is -4.72. The Bertz CT molecular complexity index is 1160. The van der Waals surface area contributed by atoms with E-state index in [4.69, 9.17) is 15.3 Å². The molecule has 3 aromatic heterocycles. The molecule has 0 atom stereocenters. The molecule has 1 saturated heterocycles. The van der Waals surface area contributed by atoms with Crippen LogP contribution in [0.5, 0.6) is 0 Å². The van der Waals surface area contributed by atoms with Gasteiger partial charge in [0.1, 0.15) is 5.69 Å². The Hall–Kier alpha value is -3.84. The van der Waals surface area contributed by atoms with Gasteiger partial charge < -0.3 is 20.2 Å². The van der Waals surface area contributed by atoms with Crippen molar-refractivity contribution in [3.8, 4) is 23.0 Å². The Morgan fingerprint density at radius 3 is 2.53 bits per heavy atom. The number of likely N-dealkylation sites (tertiary alicyclic amines) is 1. The molecule has 1 amide bonds. The van der Waals surface area contributed by atoms with Crippen LogP contribution in [0.4, 0.5) is 23.9 Å². The number of nitrogen functional groups attached to an aromatic ring is 1. The van der Waals surface area contributed by atoms with E-state index in [0.29, 0.717) is 42.9 Å². The summed E-state index contributed by atoms with van der Waals surface area (Å²) in [7, 11) is 0. The number of hydrogen-bond donors (Lipinski definition) is 2. The largest absolute Gasteiger partial charge is 0.465 e. The van der Waals surface area contributed by atoms with Crippen LogP contribution in [0.25, 0.3) is 23.0 Å². The van der Waals surface area contributed by atoms with Gasteiger partial charge in [0, 0.05) is 25.2 Å². The highest BCUT2D eigenvalue weighted by atomic mass is 19.4. The standard InChI is InChI=1S/C18H17F3N8O3/c1-8-11(12(26-16(22)24-8)9-3-6-29(7-4-9)17(30)31)14-28-27-13(32-14)10-2-5-23-15(25-10)18(19,20)21/h2,5,9H,3-4,6-7H2,1H3,(H,30,31)(H2,22,24,26). The second-order valence-corrected chi connectivity index (χ2v) is 7.15. The van der Waals surface area contributed by atoms with Crippen LogP contribution in [0.15, 0.2) is 16.7 Å². The second-order valence-electron chi connectivity index (χ2n) is 7.15. The van der Waals surface area contributed by atoms with Crippen molar-refractivity contribution in [2.45, 2.75) is 31.9 Å². The maximum absolute atomic E-state index is 12.9. The van der Waals surface area contributed by atoms with Crippen molar-refractivity contribution in [3.63, 3.8) is 0 Å². The van der Waals surface area contributed by atoms with Crippen molar-refractivity contribution >= 4 is 12.0 Å². The van der Waals surface area contributed by atoms with Crippen LogP contribution in [0.3, 0.4) is 0 Å². The van der Waals surface area contributed by atoms with E-state index in [2.05, 4.69) is 30.1 Å². The summed E-state index contributed by atoms with van der Waals surface area (Å²) in [6, 6.07) is 1.22. The van der Waals surface area contributed by atoms with Crippen LogP contribution in [-0.2, 0) is 6.18 Å². The quantitative estimate of drug-likeness (QED) is 0.608. The number of aryl methyl sites for hydroxylation is 1. The zero-order chi connectivity index (χ0) is 23.0. The number of piperidine rings is 1. The first-order valence-electron chi connectivity index (χ1n) is 9.50. The molecular formula is C18H17F3N8O3. The molecule has 168 valence electrons. The highest BCUT2D eigenvalue weighted by molar-refractivity contribution is 5.66. The third-order valence-electron chi connectivity index (χ3n) is 5.05. The van der Waals surface area contributed by atoms with Crippen molar-refractivity contribution < 1.29 is 27.5 Å². The minimum Gasteiger partial charge on any atom is -0.465 e. The summed E-state index contributed by atoms with van der Waals surface area (Å²) in [6.07, 6.45) is -3.77. The van der Waals surface area contributed by atoms with Crippen molar-refractivity contribution in [3.05, 3.63) is 29.5 Å². The summed E-state index contributed by atoms with van der Waals surface area (Å²) in [5.74, 6) is -1.66. The van der Waals surface area contributed by atoms with Crippen LogP contribution in [-0.4, -0.2) is 59.3 Å². The van der Waals surface area contributed by atoms with Gasteiger partial charge in [-0.2, -0.15) is 13.2 Å². The average molecular weight is 450 g/mol. The zero-order valence-corrected chi connectivity index (χ0v) is 16.7. The summed E-state index contributed by atoms with van der Waals surface area (Å²) < 4.78 is 44.4. The molecule has 0 spiro atoms. The molecule has 32 heavy (non-hydrogen) atoms. The number of alkyl halides is 3. The zero-order valence-electron chi connectivity index (χ0n) is 16.7. The number of carboxylic acid groups (broad SMARTS) is 1. The molecule has 0 saturated carbocycles. The van der Waals surface area contributed by atoms with E-state index in [0.717, 1.165) is 6.20 Å². The van der Waals surface area contributed by atoms with E-state index in [9.17, 15) is 18.0 Å². The van der Waals surface area contributed by atoms with Crippen molar-refractivity contribution in [2.24, 2.45) is 0 Å². The fraction of sp³-hybridized carbons (Fsp3) is 0.389. The lowest BCUT2D eigenvalue weighted by atomic mass is 9.90. The van der Waals surface area contributed by atoms with Gasteiger partial charge in [0.05, 0.1) is 17.0 Å². The fourth-order valence-electron chi connectivity index (χ4n) is 3.56. The lowest BCUT2D eigenvalue weighted by Crippen LogP contribution is -2.37. The van der Waals surface area contributed by atoms with E-state index in [1.54, 1.807) is 6.92 Å². The average Bonchev–Trinajstić information content (AvgIpc) is 3.22. The van der Waals surface area contributed by atoms with Crippen LogP contribution in [0, 0.1) is 6.92 Å². The normalized spacial score (nSPS) is 15.2. The lowest BCUT2D eigenvalue weighted by Gasteiger charge is -2.30. The van der Waals surface area contributed by atoms with Gasteiger partial charge in [0.15, 0.2) is 0 Å². The highest BCUT2D eigenvalue weighted by Crippen LogP contribution is 2.36. The molecular weight excluding hydrogens is 433 g/mol. The first kappa shape index (κ1) is 21.4. The van der Waals surface area contributed by atoms with Crippen LogP contribution in [0.1, 0.15) is 36.0 Å². The Labute approximate surface area is 178 Å². The molecule has 0 radical (unpaired) electrons. The Balaban J connectivity index is 1.70. The van der Waals surface area contributed by atoms with Crippen molar-refractivity contribution in [1.29, 1.82) is 0 Å². The fourth-order valence-corrected chi connectivity index (χ4v) is 3.56. The lowest BCUT2D eigenvalue weighted by molar-refractivity contribution is -0.144. The monoisotopic (exact) mass is 450 g/mol. The molecule has 3 N–H and O–H groups in total. The Kier molecular flexibility index (Phi) is 5.36. The number of carbonyl (C=O) groups is 1. The van der Waals surface area contributed by atoms with E-state index < -0.39 is 18.1 Å². The summed E-state index contributed by atoms with van der Waals surface area (Å²) in [5, 5.41) is 16.9. The predicted molar refractivity (Wildman–Crippen MR) is 102 cm³/mol. The van der Waals surface area contributed by atoms with Gasteiger partial charge in [-0.05, 0) is 25.8 Å². The molecule has 4 heterocycles. The van der Waals surface area contributed by atoms with Crippen LogP contribution in [0.2, 0.25) is 0 Å². The number of nitrogens with two attached hydrogens (primary N) is 1. The van der Waals surface area contributed by atoms with Crippen LogP contribution >= 0.6 is 0 Å². The number of anilines is 1.